The first kappa shape index (κ1) is 26.9. The first-order valence-corrected chi connectivity index (χ1v) is 13.4. The van der Waals surface area contributed by atoms with Crippen LogP contribution < -0.4 is 10.6 Å². The van der Waals surface area contributed by atoms with E-state index in [1.165, 1.54) is 6.92 Å². The molecule has 0 amide bonds. The number of benzene rings is 2. The van der Waals surface area contributed by atoms with E-state index >= 15 is 0 Å². The van der Waals surface area contributed by atoms with Gasteiger partial charge in [0.1, 0.15) is 11.2 Å². The highest BCUT2D eigenvalue weighted by Gasteiger charge is 2.29. The summed E-state index contributed by atoms with van der Waals surface area (Å²) in [5.41, 5.74) is -0.489. The quantitative estimate of drug-likeness (QED) is 0.409. The average molecular weight is 491 g/mol. The second kappa shape index (κ2) is 10.3. The first-order valence-electron chi connectivity index (χ1n) is 10.5. The Morgan fingerprint density at radius 3 is 1.33 bits per heavy atom. The third-order valence-electron chi connectivity index (χ3n) is 4.29. The lowest BCUT2D eigenvalue weighted by atomic mass is 10.1. The summed E-state index contributed by atoms with van der Waals surface area (Å²) in [5, 5.41) is 0.869. The van der Waals surface area contributed by atoms with Crippen LogP contribution in [-0.2, 0) is 18.8 Å². The summed E-state index contributed by atoms with van der Waals surface area (Å²) in [6, 6.07) is 12.8. The predicted octanol–water partition coefficient (Wildman–Crippen LogP) is 5.15. The lowest BCUT2D eigenvalue weighted by molar-refractivity contribution is -0.109. The van der Waals surface area contributed by atoms with Crippen molar-refractivity contribution in [1.82, 2.24) is 0 Å². The molecule has 6 nitrogen and oxygen atoms in total. The third kappa shape index (κ3) is 7.86. The zero-order valence-electron chi connectivity index (χ0n) is 20.1. The van der Waals surface area contributed by atoms with Crippen LogP contribution in [0.15, 0.2) is 48.5 Å². The van der Waals surface area contributed by atoms with E-state index in [1.54, 1.807) is 90.1 Å². The van der Waals surface area contributed by atoms with Crippen molar-refractivity contribution in [3.63, 3.8) is 0 Å². The fourth-order valence-electron chi connectivity index (χ4n) is 2.83. The molecule has 0 radical (unpaired) electrons. The van der Waals surface area contributed by atoms with Crippen LogP contribution in [0.3, 0.4) is 0 Å². The molecule has 0 aliphatic heterocycles. The van der Waals surface area contributed by atoms with E-state index in [1.807, 2.05) is 0 Å². The lowest BCUT2D eigenvalue weighted by Crippen LogP contribution is -2.25. The Hall–Kier alpha value is -2.37. The summed E-state index contributed by atoms with van der Waals surface area (Å²) in [5.74, 6) is -0.938. The molecule has 8 heteroatoms. The van der Waals surface area contributed by atoms with E-state index in [-0.39, 0.29) is 10.6 Å². The number of carbonyl (C=O) groups excluding carboxylic acids is 3. The maximum atomic E-state index is 14.1. The van der Waals surface area contributed by atoms with Crippen LogP contribution in [-0.4, -0.2) is 33.7 Å². The first-order chi connectivity index (χ1) is 15.1. The molecule has 0 aliphatic carbocycles. The van der Waals surface area contributed by atoms with E-state index in [0.717, 1.165) is 11.8 Å². The summed E-state index contributed by atoms with van der Waals surface area (Å²) >= 11 is 0.979. The summed E-state index contributed by atoms with van der Waals surface area (Å²) in [4.78, 5) is 36.3. The van der Waals surface area contributed by atoms with Gasteiger partial charge in [-0.15, -0.1) is 0 Å². The molecule has 2 aromatic rings. The standard InChI is InChI=1S/C25H31O6PS/c1-17(26)33-16-32(29,20-12-8-18(9-13-20)22(27)30-24(2,3)4)21-14-10-19(11-15-21)23(28)31-25(5,6)7/h8-15H,16H2,1-7H3. The average Bonchev–Trinajstić information content (AvgIpc) is 2.69. The zero-order valence-corrected chi connectivity index (χ0v) is 21.8. The van der Waals surface area contributed by atoms with Crippen molar-refractivity contribution in [1.29, 1.82) is 0 Å². The topological polar surface area (TPSA) is 86.7 Å². The van der Waals surface area contributed by atoms with Gasteiger partial charge in [0.2, 0.25) is 0 Å². The molecular weight excluding hydrogens is 459 g/mol. The van der Waals surface area contributed by atoms with Crippen molar-refractivity contribution < 1.29 is 28.4 Å². The van der Waals surface area contributed by atoms with Gasteiger partial charge in [0.25, 0.3) is 0 Å². The summed E-state index contributed by atoms with van der Waals surface area (Å²) in [6.45, 7) is 12.1. The number of rotatable bonds is 6. The van der Waals surface area contributed by atoms with Gasteiger partial charge in [-0.05, 0) is 65.8 Å². The molecule has 0 saturated carbocycles. The van der Waals surface area contributed by atoms with Crippen LogP contribution in [0.5, 0.6) is 0 Å². The molecule has 0 saturated heterocycles. The Labute approximate surface area is 199 Å². The molecule has 0 atom stereocenters. The normalized spacial score (nSPS) is 12.2. The van der Waals surface area contributed by atoms with Gasteiger partial charge in [0, 0.05) is 17.5 Å². The van der Waals surface area contributed by atoms with Gasteiger partial charge in [-0.2, -0.15) is 0 Å². The largest absolute Gasteiger partial charge is 0.456 e. The Morgan fingerprint density at radius 2 is 1.06 bits per heavy atom. The van der Waals surface area contributed by atoms with Crippen molar-refractivity contribution in [3.05, 3.63) is 59.7 Å². The van der Waals surface area contributed by atoms with Crippen LogP contribution in [0, 0.1) is 0 Å². The van der Waals surface area contributed by atoms with E-state index < -0.39 is 30.3 Å². The number of carbonyl (C=O) groups is 3. The predicted molar refractivity (Wildman–Crippen MR) is 133 cm³/mol. The van der Waals surface area contributed by atoms with Crippen LogP contribution in [0.25, 0.3) is 0 Å². The molecular formula is C25H31O6PS. The zero-order chi connectivity index (χ0) is 25.0. The van der Waals surface area contributed by atoms with Gasteiger partial charge in [-0.3, -0.25) is 4.79 Å². The number of hydrogen-bond donors (Lipinski definition) is 0. The molecule has 0 bridgehead atoms. The number of ether oxygens (including phenoxy) is 2. The molecule has 0 aliphatic rings. The van der Waals surface area contributed by atoms with Gasteiger partial charge >= 0.3 is 11.9 Å². The molecule has 2 aromatic carbocycles. The highest BCUT2D eigenvalue weighted by atomic mass is 32.2. The minimum Gasteiger partial charge on any atom is -0.456 e. The molecule has 178 valence electrons. The van der Waals surface area contributed by atoms with Crippen LogP contribution in [0.1, 0.15) is 69.2 Å². The molecule has 0 fully saturated rings. The second-order valence-corrected chi connectivity index (χ2v) is 14.0. The number of thioether (sulfide) groups is 1. The number of esters is 2. The van der Waals surface area contributed by atoms with Crippen LogP contribution >= 0.6 is 18.9 Å². The van der Waals surface area contributed by atoms with Gasteiger partial charge in [0.15, 0.2) is 12.3 Å². The smallest absolute Gasteiger partial charge is 0.338 e. The van der Waals surface area contributed by atoms with Gasteiger partial charge in [-0.1, -0.05) is 36.0 Å². The van der Waals surface area contributed by atoms with Gasteiger partial charge < -0.3 is 14.0 Å². The molecule has 0 N–H and O–H groups in total. The maximum Gasteiger partial charge on any atom is 0.338 e. The van der Waals surface area contributed by atoms with Crippen molar-refractivity contribution >= 4 is 46.6 Å². The molecule has 2 rings (SSSR count). The summed E-state index contributed by atoms with van der Waals surface area (Å²) in [7, 11) is -3.22. The summed E-state index contributed by atoms with van der Waals surface area (Å²) in [6.07, 6.45) is 0. The van der Waals surface area contributed by atoms with E-state index in [4.69, 9.17) is 9.47 Å². The number of hydrogen-bond acceptors (Lipinski definition) is 7. The lowest BCUT2D eigenvalue weighted by Gasteiger charge is -2.21. The fourth-order valence-corrected chi connectivity index (χ4v) is 7.04. The van der Waals surface area contributed by atoms with E-state index in [0.29, 0.717) is 21.7 Å². The van der Waals surface area contributed by atoms with Crippen LogP contribution in [0.2, 0.25) is 0 Å². The molecule has 0 aromatic heterocycles. The van der Waals surface area contributed by atoms with Gasteiger partial charge in [0.05, 0.1) is 16.6 Å². The summed E-state index contributed by atoms with van der Waals surface area (Å²) < 4.78 is 24.9. The van der Waals surface area contributed by atoms with Crippen molar-refractivity contribution in [2.45, 2.75) is 59.7 Å². The Morgan fingerprint density at radius 1 is 0.727 bits per heavy atom. The fraction of sp³-hybridized carbons (Fsp3) is 0.400. The SMILES string of the molecule is CC(=O)SCP(=O)(c1ccc(C(=O)OC(C)(C)C)cc1)c1ccc(C(=O)OC(C)(C)C)cc1. The highest BCUT2D eigenvalue weighted by molar-refractivity contribution is 8.19. The van der Waals surface area contributed by atoms with E-state index in [9.17, 15) is 18.9 Å². The molecule has 0 spiro atoms. The van der Waals surface area contributed by atoms with Gasteiger partial charge in [-0.25, -0.2) is 9.59 Å². The molecule has 33 heavy (non-hydrogen) atoms. The monoisotopic (exact) mass is 490 g/mol. The maximum absolute atomic E-state index is 14.1. The molecule has 0 unspecified atom stereocenters. The van der Waals surface area contributed by atoms with Crippen molar-refractivity contribution in [2.75, 3.05) is 5.49 Å². The Bertz CT molecular complexity index is 985. The van der Waals surface area contributed by atoms with Crippen LogP contribution in [0.4, 0.5) is 0 Å². The Balaban J connectivity index is 2.38. The Kier molecular flexibility index (Phi) is 8.36. The highest BCUT2D eigenvalue weighted by Crippen LogP contribution is 2.46. The minimum atomic E-state index is -3.22. The van der Waals surface area contributed by atoms with Crippen molar-refractivity contribution in [2.24, 2.45) is 0 Å². The third-order valence-corrected chi connectivity index (χ3v) is 8.93. The second-order valence-electron chi connectivity index (χ2n) is 9.60. The minimum absolute atomic E-state index is 0.0693. The van der Waals surface area contributed by atoms with E-state index in [2.05, 4.69) is 0 Å². The van der Waals surface area contributed by atoms with Crippen molar-refractivity contribution in [3.8, 4) is 0 Å². The molecule has 0 heterocycles.